The van der Waals surface area contributed by atoms with Crippen LogP contribution < -0.4 is 10.3 Å². The first-order valence-corrected chi connectivity index (χ1v) is 14.8. The highest BCUT2D eigenvalue weighted by atomic mass is 35.5. The molecule has 2 atom stereocenters. The maximum atomic E-state index is 14.2. The number of halogens is 1. The lowest BCUT2D eigenvalue weighted by atomic mass is 9.82. The Hall–Kier alpha value is -4.24. The van der Waals surface area contributed by atoms with Crippen molar-refractivity contribution in [3.63, 3.8) is 0 Å². The van der Waals surface area contributed by atoms with E-state index in [1.165, 1.54) is 10.7 Å². The summed E-state index contributed by atoms with van der Waals surface area (Å²) in [5.41, 5.74) is 2.36. The van der Waals surface area contributed by atoms with Gasteiger partial charge in [-0.2, -0.15) is 4.72 Å². The largest absolute Gasteiger partial charge is 0.295 e. The molecule has 1 heterocycles. The fourth-order valence-corrected chi connectivity index (χ4v) is 6.60. The van der Waals surface area contributed by atoms with Gasteiger partial charge in [0.05, 0.1) is 16.6 Å². The van der Waals surface area contributed by atoms with E-state index in [1.54, 1.807) is 98.8 Å². The molecule has 5 aromatic rings. The maximum Gasteiger partial charge on any atom is 0.275 e. The van der Waals surface area contributed by atoms with Gasteiger partial charge in [0, 0.05) is 27.8 Å². The van der Waals surface area contributed by atoms with Gasteiger partial charge in [-0.15, -0.1) is 0 Å². The molecule has 0 amide bonds. The summed E-state index contributed by atoms with van der Waals surface area (Å²) >= 11 is 6.20. The number of hydrogen-bond donors (Lipinski definition) is 2. The minimum Gasteiger partial charge on any atom is -0.295 e. The van der Waals surface area contributed by atoms with Crippen LogP contribution in [0.2, 0.25) is 5.02 Å². The number of para-hydroxylation sites is 1. The molecule has 208 valence electrons. The Bertz CT molecular complexity index is 1850. The lowest BCUT2D eigenvalue weighted by molar-refractivity contribution is 0.0945. The molecular weight excluding hydrogens is 558 g/mol. The van der Waals surface area contributed by atoms with Gasteiger partial charge in [0.15, 0.2) is 5.78 Å². The zero-order valence-electron chi connectivity index (χ0n) is 22.4. The molecule has 0 saturated heterocycles. The minimum absolute atomic E-state index is 0.0493. The molecule has 0 spiro atoms. The number of sulfonamides is 1. The SMILES string of the molecule is Cc1ccccc1S(=O)(=O)N[C@@H](C(=O)c1ccccc1)[C@@H](c1ccc(Cl)cc1)c1c(C)[nH]n(-c2ccccc2)c1=O. The van der Waals surface area contributed by atoms with Crippen LogP contribution in [0.25, 0.3) is 5.69 Å². The molecule has 0 unspecified atom stereocenters. The van der Waals surface area contributed by atoms with Crippen LogP contribution in [0.1, 0.15) is 38.7 Å². The lowest BCUT2D eigenvalue weighted by Gasteiger charge is -2.27. The fourth-order valence-electron chi connectivity index (χ4n) is 5.02. The van der Waals surface area contributed by atoms with Crippen molar-refractivity contribution >= 4 is 27.4 Å². The number of ketones is 1. The molecule has 2 N–H and O–H groups in total. The first kappa shape index (κ1) is 28.3. The number of aromatic amines is 1. The summed E-state index contributed by atoms with van der Waals surface area (Å²) in [4.78, 5) is 28.3. The van der Waals surface area contributed by atoms with E-state index in [0.29, 0.717) is 33.1 Å². The van der Waals surface area contributed by atoms with Crippen LogP contribution in [0.15, 0.2) is 119 Å². The van der Waals surface area contributed by atoms with Crippen LogP contribution in [0.3, 0.4) is 0 Å². The molecule has 4 aromatic carbocycles. The molecule has 0 saturated carbocycles. The fraction of sp³-hybridized carbons (Fsp3) is 0.125. The van der Waals surface area contributed by atoms with E-state index < -0.39 is 33.3 Å². The van der Waals surface area contributed by atoms with Crippen LogP contribution in [0.5, 0.6) is 0 Å². The van der Waals surface area contributed by atoms with Gasteiger partial charge in [0.1, 0.15) is 0 Å². The van der Waals surface area contributed by atoms with Gasteiger partial charge in [0.2, 0.25) is 10.0 Å². The quantitative estimate of drug-likeness (QED) is 0.214. The Kier molecular flexibility index (Phi) is 8.08. The number of nitrogens with one attached hydrogen (secondary N) is 2. The predicted octanol–water partition coefficient (Wildman–Crippen LogP) is 5.80. The normalized spacial score (nSPS) is 13.0. The Balaban J connectivity index is 1.75. The summed E-state index contributed by atoms with van der Waals surface area (Å²) in [7, 11) is -4.20. The molecular formula is C32H28ClN3O4S. The van der Waals surface area contributed by atoms with Crippen LogP contribution in [0, 0.1) is 13.8 Å². The van der Waals surface area contributed by atoms with E-state index in [4.69, 9.17) is 11.6 Å². The second kappa shape index (κ2) is 11.7. The molecule has 5 rings (SSSR count). The van der Waals surface area contributed by atoms with Crippen LogP contribution >= 0.6 is 11.6 Å². The summed E-state index contributed by atoms with van der Waals surface area (Å²) in [6.07, 6.45) is 0. The summed E-state index contributed by atoms with van der Waals surface area (Å²) in [6.45, 7) is 3.42. The van der Waals surface area contributed by atoms with Gasteiger partial charge in [-0.05, 0) is 55.3 Å². The highest BCUT2D eigenvalue weighted by Gasteiger charge is 2.39. The van der Waals surface area contributed by atoms with Crippen molar-refractivity contribution < 1.29 is 13.2 Å². The van der Waals surface area contributed by atoms with E-state index in [0.717, 1.165) is 0 Å². The van der Waals surface area contributed by atoms with Crippen LogP contribution in [0.4, 0.5) is 0 Å². The molecule has 0 bridgehead atoms. The van der Waals surface area contributed by atoms with Crippen molar-refractivity contribution in [2.24, 2.45) is 0 Å². The number of H-pyrrole nitrogens is 1. The predicted molar refractivity (Wildman–Crippen MR) is 160 cm³/mol. The Morgan fingerprint density at radius 2 is 1.41 bits per heavy atom. The minimum atomic E-state index is -4.20. The molecule has 0 aliphatic rings. The second-order valence-electron chi connectivity index (χ2n) is 9.75. The summed E-state index contributed by atoms with van der Waals surface area (Å²) in [5.74, 6) is -1.47. The Morgan fingerprint density at radius 1 is 0.829 bits per heavy atom. The van der Waals surface area contributed by atoms with Gasteiger partial charge in [-0.25, -0.2) is 13.1 Å². The number of nitrogens with zero attached hydrogens (tertiary/aromatic N) is 1. The number of aromatic nitrogens is 2. The summed E-state index contributed by atoms with van der Waals surface area (Å²) in [5, 5.41) is 3.58. The van der Waals surface area contributed by atoms with Gasteiger partial charge in [-0.1, -0.05) is 90.5 Å². The number of carbonyl (C=O) groups is 1. The number of carbonyl (C=O) groups excluding carboxylic acids is 1. The first-order chi connectivity index (χ1) is 19.7. The molecule has 7 nitrogen and oxygen atoms in total. The molecule has 0 aliphatic heterocycles. The number of aryl methyl sites for hydroxylation is 2. The zero-order valence-corrected chi connectivity index (χ0v) is 24.0. The van der Waals surface area contributed by atoms with E-state index in [-0.39, 0.29) is 10.5 Å². The number of benzene rings is 4. The van der Waals surface area contributed by atoms with Crippen molar-refractivity contribution in [3.8, 4) is 5.69 Å². The van der Waals surface area contributed by atoms with Crippen LogP contribution in [-0.2, 0) is 10.0 Å². The van der Waals surface area contributed by atoms with Crippen molar-refractivity contribution in [1.82, 2.24) is 14.5 Å². The molecule has 0 aliphatic carbocycles. The van der Waals surface area contributed by atoms with E-state index >= 15 is 0 Å². The monoisotopic (exact) mass is 585 g/mol. The molecule has 1 aromatic heterocycles. The zero-order chi connectivity index (χ0) is 29.1. The van der Waals surface area contributed by atoms with Gasteiger partial charge >= 0.3 is 0 Å². The van der Waals surface area contributed by atoms with Gasteiger partial charge < -0.3 is 0 Å². The molecule has 0 fully saturated rings. The third kappa shape index (κ3) is 5.81. The summed E-state index contributed by atoms with van der Waals surface area (Å²) < 4.78 is 31.8. The number of hydrogen-bond acceptors (Lipinski definition) is 4. The molecule has 0 radical (unpaired) electrons. The van der Waals surface area contributed by atoms with E-state index in [9.17, 15) is 18.0 Å². The van der Waals surface area contributed by atoms with E-state index in [1.807, 2.05) is 18.2 Å². The Labute approximate surface area is 243 Å². The topological polar surface area (TPSA) is 101 Å². The molecule has 9 heteroatoms. The molecule has 41 heavy (non-hydrogen) atoms. The average Bonchev–Trinajstić information content (AvgIpc) is 3.27. The average molecular weight is 586 g/mol. The number of rotatable bonds is 9. The van der Waals surface area contributed by atoms with Gasteiger partial charge in [0.25, 0.3) is 5.56 Å². The van der Waals surface area contributed by atoms with Crippen molar-refractivity contribution in [1.29, 1.82) is 0 Å². The Morgan fingerprint density at radius 3 is 2.05 bits per heavy atom. The maximum absolute atomic E-state index is 14.2. The van der Waals surface area contributed by atoms with Crippen molar-refractivity contribution in [2.45, 2.75) is 30.7 Å². The highest BCUT2D eigenvalue weighted by Crippen LogP contribution is 2.32. The summed E-state index contributed by atoms with van der Waals surface area (Å²) in [6, 6.07) is 29.4. The van der Waals surface area contributed by atoms with E-state index in [2.05, 4.69) is 9.82 Å². The standard InChI is InChI=1S/C32H28ClN3O4S/c1-21-11-9-10-16-27(21)41(39,40)35-30(31(37)24-12-5-3-6-13-24)29(23-17-19-25(33)20-18-23)28-22(2)34-36(32(28)38)26-14-7-4-8-15-26/h3-20,29-30,34-35H,1-2H3/t29-,30+/m0/s1. The third-order valence-corrected chi connectivity index (χ3v) is 8.86. The van der Waals surface area contributed by atoms with Crippen molar-refractivity contribution in [2.75, 3.05) is 0 Å². The van der Waals surface area contributed by atoms with Crippen molar-refractivity contribution in [3.05, 3.63) is 153 Å². The van der Waals surface area contributed by atoms with Crippen LogP contribution in [-0.4, -0.2) is 30.0 Å². The first-order valence-electron chi connectivity index (χ1n) is 13.0. The third-order valence-electron chi connectivity index (χ3n) is 7.01. The highest BCUT2D eigenvalue weighted by molar-refractivity contribution is 7.89. The second-order valence-corrected chi connectivity index (χ2v) is 11.9. The lowest BCUT2D eigenvalue weighted by Crippen LogP contribution is -2.46. The van der Waals surface area contributed by atoms with Gasteiger partial charge in [-0.3, -0.25) is 14.7 Å². The smallest absolute Gasteiger partial charge is 0.275 e. The number of Topliss-reactive ketones (excluding diaryl/α,β-unsaturated/α-hetero) is 1.